The molecule has 1 fully saturated rings. The molecule has 0 bridgehead atoms. The minimum absolute atomic E-state index is 0.0527. The average molecular weight is 449 g/mol. The molecule has 0 aromatic heterocycles. The van der Waals surface area contributed by atoms with E-state index in [1.165, 1.54) is 0 Å². The number of ketones is 1. The first-order valence-electron chi connectivity index (χ1n) is 11.9. The summed E-state index contributed by atoms with van der Waals surface area (Å²) in [5, 5.41) is 2.98. The Morgan fingerprint density at radius 1 is 0.939 bits per heavy atom. The van der Waals surface area contributed by atoms with Gasteiger partial charge in [-0.3, -0.25) is 14.4 Å². The zero-order valence-corrected chi connectivity index (χ0v) is 20.5. The number of hydrogen-bond acceptors (Lipinski definition) is 3. The summed E-state index contributed by atoms with van der Waals surface area (Å²) in [6.07, 6.45) is 1.88. The molecule has 0 aliphatic carbocycles. The van der Waals surface area contributed by atoms with Crippen molar-refractivity contribution in [3.63, 3.8) is 0 Å². The first kappa shape index (κ1) is 24.7. The van der Waals surface area contributed by atoms with Crippen LogP contribution in [0.1, 0.15) is 70.5 Å². The summed E-state index contributed by atoms with van der Waals surface area (Å²) < 4.78 is 0. The number of aryl methyl sites for hydroxylation is 3. The van der Waals surface area contributed by atoms with E-state index in [2.05, 4.69) is 19.2 Å². The molecular formula is C28H36N2O3. The van der Waals surface area contributed by atoms with Crippen molar-refractivity contribution in [2.75, 3.05) is 13.1 Å². The van der Waals surface area contributed by atoms with Crippen LogP contribution in [0.3, 0.4) is 0 Å². The van der Waals surface area contributed by atoms with Gasteiger partial charge in [0, 0.05) is 30.1 Å². The minimum atomic E-state index is -0.566. The number of benzene rings is 2. The number of carbonyl (C=O) groups is 3. The van der Waals surface area contributed by atoms with Crippen molar-refractivity contribution in [3.05, 3.63) is 70.3 Å². The molecule has 5 nitrogen and oxygen atoms in total. The van der Waals surface area contributed by atoms with Crippen molar-refractivity contribution >= 4 is 17.6 Å². The molecule has 1 aliphatic rings. The van der Waals surface area contributed by atoms with Crippen LogP contribution in [-0.4, -0.2) is 41.6 Å². The lowest BCUT2D eigenvalue weighted by Gasteiger charge is -2.34. The lowest BCUT2D eigenvalue weighted by molar-refractivity contribution is -0.134. The van der Waals surface area contributed by atoms with Gasteiger partial charge in [0.1, 0.15) is 6.04 Å². The standard InChI is InChI=1S/C28H36N2O3/c1-18(2)16-25(29-27(32)24-9-7-6-8-20(24)4)28(33)30-14-12-22(13-15-30)26(31)23-11-10-19(3)17-21(23)5/h6-11,17-18,22,25H,12-16H2,1-5H3,(H,29,32). The third-order valence-electron chi connectivity index (χ3n) is 6.53. The second-order valence-electron chi connectivity index (χ2n) is 9.75. The van der Waals surface area contributed by atoms with Crippen molar-refractivity contribution in [3.8, 4) is 0 Å². The summed E-state index contributed by atoms with van der Waals surface area (Å²) in [7, 11) is 0. The number of amides is 2. The van der Waals surface area contributed by atoms with Crippen LogP contribution in [0.5, 0.6) is 0 Å². The highest BCUT2D eigenvalue weighted by molar-refractivity contribution is 6.00. The molecule has 2 aromatic rings. The highest BCUT2D eigenvalue weighted by atomic mass is 16.2. The van der Waals surface area contributed by atoms with Gasteiger partial charge >= 0.3 is 0 Å². The predicted octanol–water partition coefficient (Wildman–Crippen LogP) is 4.88. The number of carbonyl (C=O) groups excluding carboxylic acids is 3. The second-order valence-corrected chi connectivity index (χ2v) is 9.75. The molecule has 1 heterocycles. The van der Waals surface area contributed by atoms with Crippen LogP contribution >= 0.6 is 0 Å². The Bertz CT molecular complexity index is 1020. The van der Waals surface area contributed by atoms with Gasteiger partial charge in [-0.05, 0) is 63.1 Å². The molecule has 2 aromatic carbocycles. The number of nitrogens with zero attached hydrogens (tertiary/aromatic N) is 1. The average Bonchev–Trinajstić information content (AvgIpc) is 2.78. The van der Waals surface area contributed by atoms with Gasteiger partial charge < -0.3 is 10.2 Å². The number of nitrogens with one attached hydrogen (secondary N) is 1. The molecule has 1 unspecified atom stereocenters. The molecule has 3 rings (SSSR count). The number of likely N-dealkylation sites (tertiary alicyclic amines) is 1. The Balaban J connectivity index is 1.65. The normalized spacial score (nSPS) is 15.4. The summed E-state index contributed by atoms with van der Waals surface area (Å²) in [6, 6.07) is 12.8. The van der Waals surface area contributed by atoms with Gasteiger partial charge in [0.15, 0.2) is 5.78 Å². The lowest BCUT2D eigenvalue weighted by atomic mass is 9.86. The van der Waals surface area contributed by atoms with Crippen molar-refractivity contribution in [2.24, 2.45) is 11.8 Å². The maximum absolute atomic E-state index is 13.3. The summed E-state index contributed by atoms with van der Waals surface area (Å²) in [5.41, 5.74) is 4.42. The summed E-state index contributed by atoms with van der Waals surface area (Å²) in [6.45, 7) is 11.1. The van der Waals surface area contributed by atoms with Gasteiger partial charge in [-0.2, -0.15) is 0 Å². The van der Waals surface area contributed by atoms with E-state index < -0.39 is 6.04 Å². The SMILES string of the molecule is Cc1ccc(C(=O)C2CCN(C(=O)C(CC(C)C)NC(=O)c3ccccc3C)CC2)c(C)c1. The quantitative estimate of drug-likeness (QED) is 0.614. The van der Waals surface area contributed by atoms with E-state index in [1.54, 1.807) is 6.07 Å². The summed E-state index contributed by atoms with van der Waals surface area (Å²) in [5.74, 6) is 0.0987. The molecule has 0 saturated carbocycles. The molecule has 176 valence electrons. The molecule has 2 amide bonds. The van der Waals surface area contributed by atoms with E-state index in [0.29, 0.717) is 37.9 Å². The fourth-order valence-electron chi connectivity index (χ4n) is 4.65. The van der Waals surface area contributed by atoms with Gasteiger partial charge in [-0.25, -0.2) is 0 Å². The first-order chi connectivity index (χ1) is 15.7. The fourth-order valence-corrected chi connectivity index (χ4v) is 4.65. The molecule has 33 heavy (non-hydrogen) atoms. The molecule has 0 spiro atoms. The van der Waals surface area contributed by atoms with E-state index in [0.717, 1.165) is 22.3 Å². The van der Waals surface area contributed by atoms with Crippen molar-refractivity contribution in [1.82, 2.24) is 10.2 Å². The molecule has 1 N–H and O–H groups in total. The number of hydrogen-bond donors (Lipinski definition) is 1. The third-order valence-corrected chi connectivity index (χ3v) is 6.53. The summed E-state index contributed by atoms with van der Waals surface area (Å²) in [4.78, 5) is 41.1. The Morgan fingerprint density at radius 2 is 1.61 bits per heavy atom. The fraction of sp³-hybridized carbons (Fsp3) is 0.464. The van der Waals surface area contributed by atoms with Gasteiger partial charge in [-0.1, -0.05) is 55.8 Å². The van der Waals surface area contributed by atoms with Crippen LogP contribution in [-0.2, 0) is 4.79 Å². The van der Waals surface area contributed by atoms with Gasteiger partial charge in [0.05, 0.1) is 0 Å². The number of rotatable bonds is 7. The number of Topliss-reactive ketones (excluding diaryl/α,β-unsaturated/α-hetero) is 1. The van der Waals surface area contributed by atoms with Crippen molar-refractivity contribution in [2.45, 2.75) is 59.9 Å². The van der Waals surface area contributed by atoms with Gasteiger partial charge in [0.25, 0.3) is 5.91 Å². The van der Waals surface area contributed by atoms with Crippen molar-refractivity contribution < 1.29 is 14.4 Å². The van der Waals surface area contributed by atoms with E-state index in [1.807, 2.05) is 62.1 Å². The largest absolute Gasteiger partial charge is 0.341 e. The van der Waals surface area contributed by atoms with Crippen LogP contribution in [0.25, 0.3) is 0 Å². The topological polar surface area (TPSA) is 66.5 Å². The molecule has 5 heteroatoms. The Kier molecular flexibility index (Phi) is 8.06. The van der Waals surface area contributed by atoms with E-state index in [-0.39, 0.29) is 29.4 Å². The molecule has 1 saturated heterocycles. The van der Waals surface area contributed by atoms with Crippen molar-refractivity contribution in [1.29, 1.82) is 0 Å². The minimum Gasteiger partial charge on any atom is -0.341 e. The van der Waals surface area contributed by atoms with Crippen LogP contribution < -0.4 is 5.32 Å². The monoisotopic (exact) mass is 448 g/mol. The predicted molar refractivity (Wildman–Crippen MR) is 131 cm³/mol. The molecule has 0 radical (unpaired) electrons. The third kappa shape index (κ3) is 6.10. The van der Waals surface area contributed by atoms with E-state index >= 15 is 0 Å². The Hall–Kier alpha value is -2.95. The summed E-state index contributed by atoms with van der Waals surface area (Å²) >= 11 is 0. The first-order valence-corrected chi connectivity index (χ1v) is 11.9. The molecule has 1 aliphatic heterocycles. The maximum Gasteiger partial charge on any atom is 0.252 e. The van der Waals surface area contributed by atoms with E-state index in [9.17, 15) is 14.4 Å². The highest BCUT2D eigenvalue weighted by Crippen LogP contribution is 2.25. The zero-order valence-electron chi connectivity index (χ0n) is 20.5. The van der Waals surface area contributed by atoms with Crippen LogP contribution in [0.2, 0.25) is 0 Å². The maximum atomic E-state index is 13.3. The zero-order chi connectivity index (χ0) is 24.1. The molecule has 1 atom stereocenters. The Labute approximate surface area is 197 Å². The second kappa shape index (κ2) is 10.8. The Morgan fingerprint density at radius 3 is 2.21 bits per heavy atom. The van der Waals surface area contributed by atoms with Gasteiger partial charge in [-0.15, -0.1) is 0 Å². The van der Waals surface area contributed by atoms with E-state index in [4.69, 9.17) is 0 Å². The highest BCUT2D eigenvalue weighted by Gasteiger charge is 2.32. The smallest absolute Gasteiger partial charge is 0.252 e. The number of piperidine rings is 1. The van der Waals surface area contributed by atoms with Crippen LogP contribution in [0, 0.1) is 32.6 Å². The van der Waals surface area contributed by atoms with Gasteiger partial charge in [0.2, 0.25) is 5.91 Å². The van der Waals surface area contributed by atoms with Crippen LogP contribution in [0.15, 0.2) is 42.5 Å². The molecular weight excluding hydrogens is 412 g/mol. The lowest BCUT2D eigenvalue weighted by Crippen LogP contribution is -2.51. The van der Waals surface area contributed by atoms with Crippen LogP contribution in [0.4, 0.5) is 0 Å².